The van der Waals surface area contributed by atoms with Crippen molar-refractivity contribution < 1.29 is 19.4 Å². The standard InChI is InChI=1S/C22H19N3O4/c1-24-9-12(7-18-21(27)20-16(26)3-2-4-17(20)29-18)19-15(5-6-23-22(19)24)25-10-14-8-13(25)11-28-14/h2-7,9,13-14,26H,8,10-11H2,1H3. The van der Waals surface area contributed by atoms with Crippen LogP contribution in [0.25, 0.3) is 17.1 Å². The number of fused-ring (bicyclic) bond motifs is 4. The van der Waals surface area contributed by atoms with Crippen LogP contribution < -0.4 is 9.64 Å². The first-order valence-electron chi connectivity index (χ1n) is 9.68. The molecular weight excluding hydrogens is 370 g/mol. The van der Waals surface area contributed by atoms with Crippen LogP contribution in [0.1, 0.15) is 22.3 Å². The Morgan fingerprint density at radius 3 is 2.97 bits per heavy atom. The topological polar surface area (TPSA) is 76.8 Å². The molecule has 2 bridgehead atoms. The van der Waals surface area contributed by atoms with E-state index in [9.17, 15) is 9.90 Å². The summed E-state index contributed by atoms with van der Waals surface area (Å²) < 4.78 is 13.5. The quantitative estimate of drug-likeness (QED) is 0.679. The monoisotopic (exact) mass is 389 g/mol. The summed E-state index contributed by atoms with van der Waals surface area (Å²) in [7, 11) is 1.94. The Labute approximate surface area is 166 Å². The number of anilines is 1. The first kappa shape index (κ1) is 16.6. The number of allylic oxidation sites excluding steroid dienone is 1. The fraction of sp³-hybridized carbons (Fsp3) is 0.273. The first-order valence-corrected chi connectivity index (χ1v) is 9.68. The zero-order chi connectivity index (χ0) is 19.7. The number of nitrogens with zero attached hydrogens (tertiary/aromatic N) is 3. The van der Waals surface area contributed by atoms with Crippen LogP contribution in [0.5, 0.6) is 11.5 Å². The van der Waals surface area contributed by atoms with Gasteiger partial charge in [0.05, 0.1) is 24.4 Å². The van der Waals surface area contributed by atoms with Crippen LogP contribution in [0.3, 0.4) is 0 Å². The maximum Gasteiger partial charge on any atom is 0.235 e. The minimum absolute atomic E-state index is 0.0655. The summed E-state index contributed by atoms with van der Waals surface area (Å²) in [6.45, 7) is 1.61. The highest BCUT2D eigenvalue weighted by Crippen LogP contribution is 2.40. The number of hydrogen-bond acceptors (Lipinski definition) is 6. The predicted molar refractivity (Wildman–Crippen MR) is 107 cm³/mol. The minimum atomic E-state index is -0.311. The van der Waals surface area contributed by atoms with Gasteiger partial charge in [-0.25, -0.2) is 4.98 Å². The third kappa shape index (κ3) is 2.34. The second kappa shape index (κ2) is 5.84. The second-order valence-corrected chi connectivity index (χ2v) is 7.81. The Hall–Kier alpha value is -3.32. The second-order valence-electron chi connectivity index (χ2n) is 7.81. The summed E-state index contributed by atoms with van der Waals surface area (Å²) in [6.07, 6.45) is 6.86. The van der Waals surface area contributed by atoms with E-state index in [2.05, 4.69) is 9.88 Å². The summed E-state index contributed by atoms with van der Waals surface area (Å²) in [5.41, 5.74) is 3.03. The SMILES string of the molecule is Cn1cc(C=C2Oc3cccc(O)c3C2=O)c2c(N3CC4CC3CO4)ccnc21. The maximum atomic E-state index is 12.8. The van der Waals surface area contributed by atoms with Crippen molar-refractivity contribution in [2.45, 2.75) is 18.6 Å². The van der Waals surface area contributed by atoms with Gasteiger partial charge in [-0.1, -0.05) is 6.07 Å². The van der Waals surface area contributed by atoms with E-state index in [4.69, 9.17) is 9.47 Å². The maximum absolute atomic E-state index is 12.8. The molecule has 29 heavy (non-hydrogen) atoms. The number of benzene rings is 1. The number of aromatic hydroxyl groups is 1. The summed E-state index contributed by atoms with van der Waals surface area (Å²) in [5.74, 6) is 0.211. The van der Waals surface area contributed by atoms with Crippen molar-refractivity contribution in [2.24, 2.45) is 7.05 Å². The molecule has 1 N–H and O–H groups in total. The van der Waals surface area contributed by atoms with Gasteiger partial charge in [-0.3, -0.25) is 4.79 Å². The van der Waals surface area contributed by atoms with Crippen molar-refractivity contribution in [3.8, 4) is 11.5 Å². The number of ketones is 1. The number of carbonyl (C=O) groups excluding carboxylic acids is 1. The summed E-state index contributed by atoms with van der Waals surface area (Å²) in [4.78, 5) is 19.7. The molecule has 0 radical (unpaired) electrons. The first-order chi connectivity index (χ1) is 14.1. The molecule has 3 aromatic rings. The molecule has 2 atom stereocenters. The predicted octanol–water partition coefficient (Wildman–Crippen LogP) is 2.87. The third-order valence-corrected chi connectivity index (χ3v) is 6.04. The van der Waals surface area contributed by atoms with E-state index in [1.54, 1.807) is 18.2 Å². The van der Waals surface area contributed by atoms with Crippen LogP contribution in [-0.4, -0.2) is 45.7 Å². The zero-order valence-corrected chi connectivity index (χ0v) is 15.8. The largest absolute Gasteiger partial charge is 0.507 e. The molecule has 2 aromatic heterocycles. The number of Topliss-reactive ketones (excluding diaryl/α,β-unsaturated/α-hetero) is 1. The van der Waals surface area contributed by atoms with E-state index in [1.807, 2.05) is 30.1 Å². The van der Waals surface area contributed by atoms with Gasteiger partial charge in [0.1, 0.15) is 22.7 Å². The highest BCUT2D eigenvalue weighted by Gasteiger charge is 2.40. The number of pyridine rings is 1. The molecule has 1 aromatic carbocycles. The van der Waals surface area contributed by atoms with Gasteiger partial charge in [-0.05, 0) is 30.7 Å². The zero-order valence-electron chi connectivity index (χ0n) is 15.8. The smallest absolute Gasteiger partial charge is 0.235 e. The molecule has 7 heteroatoms. The average molecular weight is 389 g/mol. The average Bonchev–Trinajstić information content (AvgIpc) is 3.47. The Kier molecular flexibility index (Phi) is 3.35. The highest BCUT2D eigenvalue weighted by molar-refractivity contribution is 6.17. The molecule has 3 aliphatic heterocycles. The van der Waals surface area contributed by atoms with Crippen LogP contribution in [0, 0.1) is 0 Å². The molecule has 6 rings (SSSR count). The molecule has 0 amide bonds. The van der Waals surface area contributed by atoms with Crippen LogP contribution in [0.2, 0.25) is 0 Å². The minimum Gasteiger partial charge on any atom is -0.507 e. The molecule has 0 aliphatic carbocycles. The number of carbonyl (C=O) groups is 1. The fourth-order valence-electron chi connectivity index (χ4n) is 4.72. The van der Waals surface area contributed by atoms with Crippen molar-refractivity contribution in [3.63, 3.8) is 0 Å². The van der Waals surface area contributed by atoms with E-state index < -0.39 is 0 Å². The van der Waals surface area contributed by atoms with Crippen molar-refractivity contribution in [1.82, 2.24) is 9.55 Å². The molecule has 3 aliphatic rings. The van der Waals surface area contributed by atoms with Crippen molar-refractivity contribution in [2.75, 3.05) is 18.1 Å². The lowest BCUT2D eigenvalue weighted by molar-refractivity contribution is 0.0992. The van der Waals surface area contributed by atoms with E-state index in [-0.39, 0.29) is 29.0 Å². The molecule has 7 nitrogen and oxygen atoms in total. The van der Waals surface area contributed by atoms with Gasteiger partial charge in [-0.2, -0.15) is 0 Å². The van der Waals surface area contributed by atoms with Crippen LogP contribution >= 0.6 is 0 Å². The lowest BCUT2D eigenvalue weighted by atomic mass is 10.1. The van der Waals surface area contributed by atoms with Crippen molar-refractivity contribution in [1.29, 1.82) is 0 Å². The van der Waals surface area contributed by atoms with Gasteiger partial charge >= 0.3 is 0 Å². The van der Waals surface area contributed by atoms with Crippen LogP contribution in [0.15, 0.2) is 42.4 Å². The lowest BCUT2D eigenvalue weighted by Crippen LogP contribution is -2.37. The third-order valence-electron chi connectivity index (χ3n) is 6.04. The Morgan fingerprint density at radius 1 is 1.31 bits per heavy atom. The fourth-order valence-corrected chi connectivity index (χ4v) is 4.72. The number of phenols is 1. The van der Waals surface area contributed by atoms with E-state index in [0.29, 0.717) is 11.8 Å². The molecule has 2 fully saturated rings. The lowest BCUT2D eigenvalue weighted by Gasteiger charge is -2.29. The highest BCUT2D eigenvalue weighted by atomic mass is 16.5. The number of hydrogen-bond donors (Lipinski definition) is 1. The molecular formula is C22H19N3O4. The Balaban J connectivity index is 1.49. The Bertz CT molecular complexity index is 1210. The molecule has 146 valence electrons. The number of phenolic OH excluding ortho intramolecular Hbond substituents is 1. The van der Waals surface area contributed by atoms with Crippen molar-refractivity contribution >= 4 is 28.6 Å². The number of aryl methyl sites for hydroxylation is 1. The summed E-state index contributed by atoms with van der Waals surface area (Å²) in [6, 6.07) is 7.24. The molecule has 2 saturated heterocycles. The van der Waals surface area contributed by atoms with E-state index in [0.717, 1.165) is 41.9 Å². The molecule has 5 heterocycles. The molecule has 0 spiro atoms. The summed E-state index contributed by atoms with van der Waals surface area (Å²) in [5, 5.41) is 11.0. The van der Waals surface area contributed by atoms with Gasteiger partial charge in [-0.15, -0.1) is 0 Å². The van der Waals surface area contributed by atoms with Gasteiger partial charge in [0.25, 0.3) is 0 Å². The molecule has 2 unspecified atom stereocenters. The van der Waals surface area contributed by atoms with Gasteiger partial charge < -0.3 is 24.0 Å². The van der Waals surface area contributed by atoms with E-state index in [1.165, 1.54) is 6.07 Å². The normalized spacial score (nSPS) is 24.0. The van der Waals surface area contributed by atoms with Crippen LogP contribution in [0.4, 0.5) is 5.69 Å². The van der Waals surface area contributed by atoms with Gasteiger partial charge in [0.2, 0.25) is 5.78 Å². The van der Waals surface area contributed by atoms with Crippen molar-refractivity contribution in [3.05, 3.63) is 53.5 Å². The Morgan fingerprint density at radius 2 is 2.21 bits per heavy atom. The van der Waals surface area contributed by atoms with Gasteiger partial charge in [0, 0.05) is 36.9 Å². The number of rotatable bonds is 2. The number of morpholine rings is 1. The molecule has 0 saturated carbocycles. The number of aromatic nitrogens is 2. The van der Waals surface area contributed by atoms with Gasteiger partial charge in [0.15, 0.2) is 5.76 Å². The number of ether oxygens (including phenoxy) is 2. The van der Waals surface area contributed by atoms with E-state index >= 15 is 0 Å². The van der Waals surface area contributed by atoms with Crippen LogP contribution in [-0.2, 0) is 11.8 Å². The summed E-state index contributed by atoms with van der Waals surface area (Å²) >= 11 is 0.